The fourth-order valence-corrected chi connectivity index (χ4v) is 1.90. The van der Waals surface area contributed by atoms with Crippen LogP contribution in [-0.2, 0) is 10.0 Å². The van der Waals surface area contributed by atoms with E-state index < -0.39 is 10.0 Å². The van der Waals surface area contributed by atoms with Crippen LogP contribution < -0.4 is 5.14 Å². The highest BCUT2D eigenvalue weighted by Crippen LogP contribution is 2.21. The summed E-state index contributed by atoms with van der Waals surface area (Å²) in [5.41, 5.74) is 0.345. The standard InChI is InChI=1S/C9H8N4O2S/c10-16(14,15)8-6-11-5-2-7(8)9-12-3-1-4-13-9/h1-6H,(H2,10,14,15). The molecule has 16 heavy (non-hydrogen) atoms. The Morgan fingerprint density at radius 2 is 1.81 bits per heavy atom. The van der Waals surface area contributed by atoms with Crippen molar-refractivity contribution in [2.75, 3.05) is 0 Å². The summed E-state index contributed by atoms with van der Waals surface area (Å²) in [6.07, 6.45) is 5.69. The minimum absolute atomic E-state index is 0.0822. The summed E-state index contributed by atoms with van der Waals surface area (Å²) >= 11 is 0. The molecule has 0 spiro atoms. The van der Waals surface area contributed by atoms with E-state index in [-0.39, 0.29) is 4.90 Å². The monoisotopic (exact) mass is 236 g/mol. The first-order valence-corrected chi connectivity index (χ1v) is 5.88. The maximum Gasteiger partial charge on any atom is 0.240 e. The number of hydrogen-bond acceptors (Lipinski definition) is 5. The van der Waals surface area contributed by atoms with Crippen LogP contribution >= 0.6 is 0 Å². The van der Waals surface area contributed by atoms with Gasteiger partial charge in [0.25, 0.3) is 0 Å². The Bertz CT molecular complexity index is 598. The summed E-state index contributed by atoms with van der Waals surface area (Å²) < 4.78 is 22.6. The first kappa shape index (κ1) is 10.7. The molecular formula is C9H8N4O2S. The predicted octanol–water partition coefficient (Wildman–Crippen LogP) is 0.186. The fourth-order valence-electron chi connectivity index (χ4n) is 1.23. The third-order valence-electron chi connectivity index (χ3n) is 1.90. The van der Waals surface area contributed by atoms with Crippen LogP contribution in [0.4, 0.5) is 0 Å². The summed E-state index contributed by atoms with van der Waals surface area (Å²) in [6.45, 7) is 0. The molecule has 6 nitrogen and oxygen atoms in total. The van der Waals surface area contributed by atoms with Gasteiger partial charge in [0, 0.05) is 30.4 Å². The first-order chi connectivity index (χ1) is 7.59. The van der Waals surface area contributed by atoms with E-state index >= 15 is 0 Å². The van der Waals surface area contributed by atoms with Gasteiger partial charge in [-0.15, -0.1) is 0 Å². The van der Waals surface area contributed by atoms with Gasteiger partial charge in [-0.2, -0.15) is 0 Å². The molecule has 2 heterocycles. The van der Waals surface area contributed by atoms with Crippen LogP contribution in [0.3, 0.4) is 0 Å². The van der Waals surface area contributed by atoms with Crippen LogP contribution in [0.2, 0.25) is 0 Å². The van der Waals surface area contributed by atoms with E-state index in [9.17, 15) is 8.42 Å². The average Bonchev–Trinajstić information content (AvgIpc) is 2.29. The second-order valence-corrected chi connectivity index (χ2v) is 4.52. The van der Waals surface area contributed by atoms with Crippen LogP contribution in [-0.4, -0.2) is 23.4 Å². The van der Waals surface area contributed by atoms with E-state index in [2.05, 4.69) is 15.0 Å². The van der Waals surface area contributed by atoms with Gasteiger partial charge in [0.05, 0.1) is 0 Å². The molecule has 2 N–H and O–H groups in total. The van der Waals surface area contributed by atoms with E-state index in [1.807, 2.05) is 0 Å². The third kappa shape index (κ3) is 2.05. The molecule has 2 rings (SSSR count). The number of pyridine rings is 1. The maximum absolute atomic E-state index is 11.3. The second-order valence-electron chi connectivity index (χ2n) is 2.99. The van der Waals surface area contributed by atoms with Crippen molar-refractivity contribution in [3.05, 3.63) is 36.9 Å². The second kappa shape index (κ2) is 3.95. The van der Waals surface area contributed by atoms with Crippen molar-refractivity contribution in [1.29, 1.82) is 0 Å². The topological polar surface area (TPSA) is 98.8 Å². The number of nitrogens with zero attached hydrogens (tertiary/aromatic N) is 3. The Balaban J connectivity index is 2.68. The number of primary sulfonamides is 1. The summed E-state index contributed by atoms with van der Waals surface area (Å²) in [5, 5.41) is 5.07. The van der Waals surface area contributed by atoms with Gasteiger partial charge in [0.2, 0.25) is 10.0 Å². The molecule has 0 radical (unpaired) electrons. The Hall–Kier alpha value is -1.86. The molecule has 0 amide bonds. The van der Waals surface area contributed by atoms with Crippen molar-refractivity contribution in [2.24, 2.45) is 5.14 Å². The molecule has 0 saturated heterocycles. The maximum atomic E-state index is 11.3. The zero-order valence-corrected chi connectivity index (χ0v) is 8.92. The van der Waals surface area contributed by atoms with Crippen LogP contribution in [0.25, 0.3) is 11.4 Å². The van der Waals surface area contributed by atoms with Gasteiger partial charge in [0.15, 0.2) is 5.82 Å². The molecule has 0 saturated carbocycles. The molecule has 0 aliphatic rings. The van der Waals surface area contributed by atoms with Crippen molar-refractivity contribution in [3.8, 4) is 11.4 Å². The SMILES string of the molecule is NS(=O)(=O)c1cnccc1-c1ncccn1. The molecule has 0 atom stereocenters. The Labute approximate surface area is 92.2 Å². The smallest absolute Gasteiger partial charge is 0.240 e. The lowest BCUT2D eigenvalue weighted by atomic mass is 10.2. The quantitative estimate of drug-likeness (QED) is 0.802. The van der Waals surface area contributed by atoms with Crippen molar-refractivity contribution >= 4 is 10.0 Å². The van der Waals surface area contributed by atoms with E-state index in [0.29, 0.717) is 11.4 Å². The Morgan fingerprint density at radius 1 is 1.12 bits per heavy atom. The highest BCUT2D eigenvalue weighted by molar-refractivity contribution is 7.89. The molecule has 0 fully saturated rings. The minimum Gasteiger partial charge on any atom is -0.263 e. The first-order valence-electron chi connectivity index (χ1n) is 4.33. The molecule has 82 valence electrons. The molecule has 0 bridgehead atoms. The van der Waals surface area contributed by atoms with Crippen molar-refractivity contribution in [3.63, 3.8) is 0 Å². The van der Waals surface area contributed by atoms with Gasteiger partial charge in [-0.05, 0) is 12.1 Å². The average molecular weight is 236 g/mol. The molecule has 0 aliphatic heterocycles. The van der Waals surface area contributed by atoms with Gasteiger partial charge in [0.1, 0.15) is 4.90 Å². The molecule has 2 aromatic rings. The van der Waals surface area contributed by atoms with E-state index in [1.54, 1.807) is 6.07 Å². The number of hydrogen-bond donors (Lipinski definition) is 1. The van der Waals surface area contributed by atoms with E-state index in [4.69, 9.17) is 5.14 Å². The lowest BCUT2D eigenvalue weighted by molar-refractivity contribution is 0.597. The molecular weight excluding hydrogens is 228 g/mol. The zero-order valence-electron chi connectivity index (χ0n) is 8.11. The van der Waals surface area contributed by atoms with Crippen LogP contribution in [0.1, 0.15) is 0 Å². The van der Waals surface area contributed by atoms with Gasteiger partial charge in [-0.25, -0.2) is 23.5 Å². The molecule has 0 aromatic carbocycles. The predicted molar refractivity (Wildman–Crippen MR) is 56.6 cm³/mol. The summed E-state index contributed by atoms with van der Waals surface area (Å²) in [5.74, 6) is 0.300. The van der Waals surface area contributed by atoms with E-state index in [1.165, 1.54) is 30.9 Å². The lowest BCUT2D eigenvalue weighted by Crippen LogP contribution is -2.14. The third-order valence-corrected chi connectivity index (χ3v) is 2.84. The molecule has 2 aromatic heterocycles. The molecule has 0 aliphatic carbocycles. The van der Waals surface area contributed by atoms with Crippen LogP contribution in [0.5, 0.6) is 0 Å². The van der Waals surface area contributed by atoms with E-state index in [0.717, 1.165) is 0 Å². The lowest BCUT2D eigenvalue weighted by Gasteiger charge is -2.04. The number of nitrogens with two attached hydrogens (primary N) is 1. The van der Waals surface area contributed by atoms with Gasteiger partial charge in [-0.3, -0.25) is 4.98 Å². The summed E-state index contributed by atoms with van der Waals surface area (Å²) in [7, 11) is -3.82. The van der Waals surface area contributed by atoms with Crippen molar-refractivity contribution in [1.82, 2.24) is 15.0 Å². The minimum atomic E-state index is -3.82. The van der Waals surface area contributed by atoms with Crippen molar-refractivity contribution in [2.45, 2.75) is 4.90 Å². The van der Waals surface area contributed by atoms with Gasteiger partial charge in [-0.1, -0.05) is 0 Å². The highest BCUT2D eigenvalue weighted by atomic mass is 32.2. The normalized spacial score (nSPS) is 11.3. The van der Waals surface area contributed by atoms with Crippen LogP contribution in [0, 0.1) is 0 Å². The fraction of sp³-hybridized carbons (Fsp3) is 0. The van der Waals surface area contributed by atoms with Gasteiger partial charge >= 0.3 is 0 Å². The van der Waals surface area contributed by atoms with Crippen LogP contribution in [0.15, 0.2) is 41.8 Å². The summed E-state index contributed by atoms with van der Waals surface area (Å²) in [4.78, 5) is 11.6. The Kier molecular flexibility index (Phi) is 2.63. The van der Waals surface area contributed by atoms with Gasteiger partial charge < -0.3 is 0 Å². The number of rotatable bonds is 2. The van der Waals surface area contributed by atoms with Crippen molar-refractivity contribution < 1.29 is 8.42 Å². The molecule has 7 heteroatoms. The summed E-state index contributed by atoms with van der Waals surface area (Å²) in [6, 6.07) is 3.15. The zero-order chi connectivity index (χ0) is 11.6. The highest BCUT2D eigenvalue weighted by Gasteiger charge is 2.16. The molecule has 0 unspecified atom stereocenters. The Morgan fingerprint density at radius 3 is 2.44 bits per heavy atom. The number of sulfonamides is 1. The largest absolute Gasteiger partial charge is 0.263 e. The number of aromatic nitrogens is 3.